The zero-order chi connectivity index (χ0) is 16.4. The van der Waals surface area contributed by atoms with Crippen LogP contribution in [-0.4, -0.2) is 45.6 Å². The number of thiophene rings is 1. The van der Waals surface area contributed by atoms with Gasteiger partial charge in [0, 0.05) is 6.54 Å². The second-order valence-corrected chi connectivity index (χ2v) is 6.39. The number of hydrogen-bond acceptors (Lipinski definition) is 6. The number of nitrogens with zero attached hydrogens (tertiary/aromatic N) is 3. The molecule has 2 unspecified atom stereocenters. The van der Waals surface area contributed by atoms with Crippen LogP contribution in [0.25, 0.3) is 10.2 Å². The Labute approximate surface area is 137 Å². The molecule has 3 rings (SSSR count). The highest BCUT2D eigenvalue weighted by atomic mass is 32.1. The number of fused-ring (bicyclic) bond motifs is 1. The van der Waals surface area contributed by atoms with Crippen LogP contribution >= 0.6 is 11.3 Å². The number of aromatic nitrogens is 2. The first-order valence-electron chi connectivity index (χ1n) is 7.59. The highest BCUT2D eigenvalue weighted by molar-refractivity contribution is 7.16. The molecular formula is C15H18N4O3S. The minimum atomic E-state index is -1.01. The molecule has 2 aromatic rings. The van der Waals surface area contributed by atoms with Gasteiger partial charge >= 0.3 is 5.97 Å². The first kappa shape index (κ1) is 15.7. The van der Waals surface area contributed by atoms with Crippen molar-refractivity contribution in [1.82, 2.24) is 15.3 Å². The second kappa shape index (κ2) is 6.49. The Morgan fingerprint density at radius 1 is 1.52 bits per heavy atom. The van der Waals surface area contributed by atoms with Crippen LogP contribution in [0.5, 0.6) is 0 Å². The maximum atomic E-state index is 12.5. The van der Waals surface area contributed by atoms with Gasteiger partial charge in [0.05, 0.1) is 5.39 Å². The van der Waals surface area contributed by atoms with Crippen LogP contribution in [0.3, 0.4) is 0 Å². The first-order valence-corrected chi connectivity index (χ1v) is 8.47. The average molecular weight is 334 g/mol. The minimum Gasteiger partial charge on any atom is -0.480 e. The summed E-state index contributed by atoms with van der Waals surface area (Å²) in [6.07, 6.45) is 3.43. The molecule has 1 amide bonds. The Bertz CT molecular complexity index is 732. The molecule has 1 fully saturated rings. The average Bonchev–Trinajstić information content (AvgIpc) is 3.20. The normalized spacial score (nSPS) is 19.0. The number of amides is 1. The molecule has 3 heterocycles. The summed E-state index contributed by atoms with van der Waals surface area (Å²) in [4.78, 5) is 35.1. The van der Waals surface area contributed by atoms with Crippen LogP contribution in [0.4, 0.5) is 5.82 Å². The zero-order valence-corrected chi connectivity index (χ0v) is 13.5. The van der Waals surface area contributed by atoms with Crippen molar-refractivity contribution < 1.29 is 14.7 Å². The van der Waals surface area contributed by atoms with Crippen molar-refractivity contribution in [1.29, 1.82) is 0 Å². The van der Waals surface area contributed by atoms with E-state index in [9.17, 15) is 9.59 Å². The van der Waals surface area contributed by atoms with Gasteiger partial charge in [-0.25, -0.2) is 14.8 Å². The van der Waals surface area contributed by atoms with E-state index in [0.29, 0.717) is 12.8 Å². The van der Waals surface area contributed by atoms with Gasteiger partial charge in [0.2, 0.25) is 5.91 Å². The number of anilines is 1. The molecule has 0 aliphatic carbocycles. The molecule has 7 nitrogen and oxygen atoms in total. The number of carbonyl (C=O) groups is 2. The highest BCUT2D eigenvalue weighted by Crippen LogP contribution is 2.31. The monoisotopic (exact) mass is 334 g/mol. The summed E-state index contributed by atoms with van der Waals surface area (Å²) >= 11 is 1.53. The minimum absolute atomic E-state index is 0.251. The molecule has 0 bridgehead atoms. The van der Waals surface area contributed by atoms with Crippen molar-refractivity contribution in [2.24, 2.45) is 0 Å². The molecule has 1 aliphatic rings. The van der Waals surface area contributed by atoms with E-state index < -0.39 is 12.0 Å². The number of carboxylic acids is 1. The molecule has 2 aromatic heterocycles. The standard InChI is InChI=1S/C15H18N4O3S/c1-2-10(15(21)22)18-13(20)11-4-3-6-19(11)12-9-5-7-23-14(9)17-8-16-12/h5,7-8,10-11H,2-4,6H2,1H3,(H,18,20)(H,21,22). The van der Waals surface area contributed by atoms with Crippen molar-refractivity contribution in [3.8, 4) is 0 Å². The maximum absolute atomic E-state index is 12.5. The molecule has 23 heavy (non-hydrogen) atoms. The lowest BCUT2D eigenvalue weighted by Gasteiger charge is -2.26. The number of nitrogens with one attached hydrogen (secondary N) is 1. The molecule has 8 heteroatoms. The van der Waals surface area contributed by atoms with Gasteiger partial charge < -0.3 is 15.3 Å². The third kappa shape index (κ3) is 2.98. The Morgan fingerprint density at radius 2 is 2.35 bits per heavy atom. The van der Waals surface area contributed by atoms with Gasteiger partial charge in [-0.05, 0) is 30.7 Å². The molecule has 0 aromatic carbocycles. The van der Waals surface area contributed by atoms with Crippen molar-refractivity contribution in [3.05, 3.63) is 17.8 Å². The quantitative estimate of drug-likeness (QED) is 0.863. The van der Waals surface area contributed by atoms with E-state index >= 15 is 0 Å². The second-order valence-electron chi connectivity index (χ2n) is 5.50. The van der Waals surface area contributed by atoms with Gasteiger partial charge in [0.1, 0.15) is 29.1 Å². The van der Waals surface area contributed by atoms with Crippen molar-refractivity contribution >= 4 is 39.2 Å². The van der Waals surface area contributed by atoms with Crippen LogP contribution in [0.1, 0.15) is 26.2 Å². The fourth-order valence-corrected chi connectivity index (χ4v) is 3.63. The van der Waals surface area contributed by atoms with Gasteiger partial charge in [0.15, 0.2) is 0 Å². The zero-order valence-electron chi connectivity index (χ0n) is 12.7. The Balaban J connectivity index is 1.84. The maximum Gasteiger partial charge on any atom is 0.326 e. The van der Waals surface area contributed by atoms with Gasteiger partial charge in [-0.3, -0.25) is 4.79 Å². The Kier molecular flexibility index (Phi) is 4.42. The lowest BCUT2D eigenvalue weighted by Crippen LogP contribution is -2.49. The summed E-state index contributed by atoms with van der Waals surface area (Å²) in [5.74, 6) is -0.510. The number of rotatable bonds is 5. The fraction of sp³-hybridized carbons (Fsp3) is 0.467. The molecule has 1 saturated heterocycles. The third-order valence-corrected chi connectivity index (χ3v) is 4.91. The summed E-state index contributed by atoms with van der Waals surface area (Å²) in [6, 6.07) is 0.715. The van der Waals surface area contributed by atoms with Gasteiger partial charge in [-0.1, -0.05) is 6.92 Å². The molecule has 2 atom stereocenters. The van der Waals surface area contributed by atoms with Crippen LogP contribution in [0.15, 0.2) is 17.8 Å². The van der Waals surface area contributed by atoms with Crippen LogP contribution in [-0.2, 0) is 9.59 Å². The lowest BCUT2D eigenvalue weighted by atomic mass is 10.1. The Hall–Kier alpha value is -2.22. The molecule has 0 saturated carbocycles. The van der Waals surface area contributed by atoms with Crippen molar-refractivity contribution in [2.75, 3.05) is 11.4 Å². The number of carboxylic acid groups (broad SMARTS) is 1. The smallest absolute Gasteiger partial charge is 0.326 e. The van der Waals surface area contributed by atoms with Gasteiger partial charge in [-0.2, -0.15) is 0 Å². The van der Waals surface area contributed by atoms with Crippen LogP contribution < -0.4 is 10.2 Å². The molecule has 0 radical (unpaired) electrons. The summed E-state index contributed by atoms with van der Waals surface area (Å²) in [7, 11) is 0. The van der Waals surface area contributed by atoms with E-state index in [1.165, 1.54) is 17.7 Å². The van der Waals surface area contributed by atoms with Gasteiger partial charge in [-0.15, -0.1) is 11.3 Å². The predicted molar refractivity (Wildman–Crippen MR) is 87.6 cm³/mol. The molecule has 0 spiro atoms. The lowest BCUT2D eigenvalue weighted by molar-refractivity contribution is -0.142. The predicted octanol–water partition coefficient (Wildman–Crippen LogP) is 1.64. The van der Waals surface area contributed by atoms with Crippen molar-refractivity contribution in [2.45, 2.75) is 38.3 Å². The van der Waals surface area contributed by atoms with E-state index in [2.05, 4.69) is 15.3 Å². The summed E-state index contributed by atoms with van der Waals surface area (Å²) in [5, 5.41) is 14.6. The van der Waals surface area contributed by atoms with E-state index in [0.717, 1.165) is 29.0 Å². The topological polar surface area (TPSA) is 95.4 Å². The highest BCUT2D eigenvalue weighted by Gasteiger charge is 2.34. The molecular weight excluding hydrogens is 316 g/mol. The largest absolute Gasteiger partial charge is 0.480 e. The van der Waals surface area contributed by atoms with Crippen LogP contribution in [0, 0.1) is 0 Å². The van der Waals surface area contributed by atoms with Crippen LogP contribution in [0.2, 0.25) is 0 Å². The number of aliphatic carboxylic acids is 1. The van der Waals surface area contributed by atoms with E-state index in [-0.39, 0.29) is 11.9 Å². The summed E-state index contributed by atoms with van der Waals surface area (Å²) < 4.78 is 0. The van der Waals surface area contributed by atoms with Gasteiger partial charge in [0.25, 0.3) is 0 Å². The third-order valence-electron chi connectivity index (χ3n) is 4.09. The first-order chi connectivity index (χ1) is 11.1. The molecule has 1 aliphatic heterocycles. The van der Waals surface area contributed by atoms with Crippen molar-refractivity contribution in [3.63, 3.8) is 0 Å². The SMILES string of the molecule is CCC(NC(=O)C1CCCN1c1ncnc2sccc12)C(=O)O. The molecule has 2 N–H and O–H groups in total. The summed E-state index contributed by atoms with van der Waals surface area (Å²) in [6.45, 7) is 2.47. The number of hydrogen-bond donors (Lipinski definition) is 2. The Morgan fingerprint density at radius 3 is 3.09 bits per heavy atom. The summed E-state index contributed by atoms with van der Waals surface area (Å²) in [5.41, 5.74) is 0. The molecule has 122 valence electrons. The van der Waals surface area contributed by atoms with E-state index in [4.69, 9.17) is 5.11 Å². The fourth-order valence-electron chi connectivity index (χ4n) is 2.90. The van der Waals surface area contributed by atoms with E-state index in [1.54, 1.807) is 6.92 Å². The van der Waals surface area contributed by atoms with E-state index in [1.807, 2.05) is 16.3 Å². The number of carbonyl (C=O) groups excluding carboxylic acids is 1.